The molecule has 0 bridgehead atoms. The van der Waals surface area contributed by atoms with Crippen LogP contribution in [0.5, 0.6) is 5.75 Å². The highest BCUT2D eigenvalue weighted by atomic mass is 35.5. The number of benzene rings is 1. The number of hydrogen-bond donors (Lipinski definition) is 1. The van der Waals surface area contributed by atoms with Crippen LogP contribution < -0.4 is 4.74 Å². The summed E-state index contributed by atoms with van der Waals surface area (Å²) in [6.45, 7) is 0.230. The second-order valence-electron chi connectivity index (χ2n) is 3.58. The molecule has 1 aromatic carbocycles. The second-order valence-corrected chi connectivity index (χ2v) is 5.43. The molecule has 0 aliphatic rings. The zero-order valence-electron chi connectivity index (χ0n) is 9.82. The average molecular weight is 313 g/mol. The number of halogens is 2. The molecule has 0 spiro atoms. The van der Waals surface area contributed by atoms with Crippen molar-refractivity contribution in [2.75, 3.05) is 6.61 Å². The Hall–Kier alpha value is -1.18. The molecule has 0 aliphatic heterocycles. The summed E-state index contributed by atoms with van der Waals surface area (Å²) in [5, 5.41) is 11.7. The van der Waals surface area contributed by atoms with Crippen LogP contribution in [0.4, 0.5) is 0 Å². The highest BCUT2D eigenvalue weighted by Gasteiger charge is 2.06. The molecular weight excluding hydrogens is 303 g/mol. The third kappa shape index (κ3) is 3.89. The maximum absolute atomic E-state index is 8.69. The van der Waals surface area contributed by atoms with Gasteiger partial charge in [-0.3, -0.25) is 0 Å². The van der Waals surface area contributed by atoms with Crippen molar-refractivity contribution < 1.29 is 9.84 Å². The van der Waals surface area contributed by atoms with E-state index in [4.69, 9.17) is 33.0 Å². The first-order valence-electron chi connectivity index (χ1n) is 5.44. The molecule has 0 radical (unpaired) electrons. The highest BCUT2D eigenvalue weighted by Crippen LogP contribution is 2.29. The van der Waals surface area contributed by atoms with E-state index in [-0.39, 0.29) is 6.61 Å². The lowest BCUT2D eigenvalue weighted by Crippen LogP contribution is -1.95. The number of ether oxygens (including phenoxy) is 1. The molecule has 0 amide bonds. The van der Waals surface area contributed by atoms with Gasteiger partial charge in [-0.1, -0.05) is 35.0 Å². The first-order chi connectivity index (χ1) is 9.20. The van der Waals surface area contributed by atoms with E-state index in [0.29, 0.717) is 22.4 Å². The lowest BCUT2D eigenvalue weighted by Gasteiger charge is -2.07. The zero-order valence-corrected chi connectivity index (χ0v) is 12.1. The molecule has 98 valence electrons. The molecule has 1 heterocycles. The van der Waals surface area contributed by atoms with Crippen LogP contribution >= 0.6 is 34.5 Å². The lowest BCUT2D eigenvalue weighted by atomic mass is 10.2. The van der Waals surface area contributed by atoms with Crippen molar-refractivity contribution in [2.45, 2.75) is 6.61 Å². The fourth-order valence-electron chi connectivity index (χ4n) is 1.43. The Morgan fingerprint density at radius 3 is 2.84 bits per heavy atom. The SMILES string of the molecule is OCC#Cc1ccsc1COc1ccc(Cl)cc1Cl. The van der Waals surface area contributed by atoms with Gasteiger partial charge in [0.05, 0.1) is 9.90 Å². The van der Waals surface area contributed by atoms with E-state index >= 15 is 0 Å². The number of aliphatic hydroxyl groups excluding tert-OH is 1. The molecule has 0 unspecified atom stereocenters. The van der Waals surface area contributed by atoms with Crippen LogP contribution in [0.25, 0.3) is 0 Å². The van der Waals surface area contributed by atoms with Gasteiger partial charge in [0.15, 0.2) is 0 Å². The first kappa shape index (κ1) is 14.2. The molecule has 0 saturated heterocycles. The Labute approximate surface area is 125 Å². The van der Waals surface area contributed by atoms with Gasteiger partial charge >= 0.3 is 0 Å². The second kappa shape index (κ2) is 6.83. The van der Waals surface area contributed by atoms with Gasteiger partial charge in [0.25, 0.3) is 0 Å². The molecule has 2 rings (SSSR count). The Kier molecular flexibility index (Phi) is 5.12. The molecular formula is C14H10Cl2O2S. The molecule has 0 atom stereocenters. The molecule has 0 fully saturated rings. The molecule has 0 aliphatic carbocycles. The minimum Gasteiger partial charge on any atom is -0.486 e. The topological polar surface area (TPSA) is 29.5 Å². The molecule has 19 heavy (non-hydrogen) atoms. The van der Waals surface area contributed by atoms with Crippen LogP contribution in [0.15, 0.2) is 29.6 Å². The highest BCUT2D eigenvalue weighted by molar-refractivity contribution is 7.10. The maximum Gasteiger partial charge on any atom is 0.138 e. The molecule has 0 saturated carbocycles. The van der Waals surface area contributed by atoms with E-state index < -0.39 is 0 Å². The number of aliphatic hydroxyl groups is 1. The molecule has 2 aromatic rings. The van der Waals surface area contributed by atoms with Crippen molar-refractivity contribution in [1.82, 2.24) is 0 Å². The van der Waals surface area contributed by atoms with Gasteiger partial charge in [0.2, 0.25) is 0 Å². The van der Waals surface area contributed by atoms with E-state index in [0.717, 1.165) is 10.4 Å². The Morgan fingerprint density at radius 1 is 1.26 bits per heavy atom. The number of hydrogen-bond acceptors (Lipinski definition) is 3. The van der Waals surface area contributed by atoms with Gasteiger partial charge in [0, 0.05) is 10.6 Å². The third-order valence-electron chi connectivity index (χ3n) is 2.30. The summed E-state index contributed by atoms with van der Waals surface area (Å²) in [5.41, 5.74) is 0.865. The fourth-order valence-corrected chi connectivity index (χ4v) is 2.64. The van der Waals surface area contributed by atoms with Crippen molar-refractivity contribution >= 4 is 34.5 Å². The quantitative estimate of drug-likeness (QED) is 0.869. The minimum atomic E-state index is -0.154. The van der Waals surface area contributed by atoms with Gasteiger partial charge in [0.1, 0.15) is 19.0 Å². The summed E-state index contributed by atoms with van der Waals surface area (Å²) in [6, 6.07) is 7.00. The molecule has 2 nitrogen and oxygen atoms in total. The van der Waals surface area contributed by atoms with Gasteiger partial charge < -0.3 is 9.84 Å². The van der Waals surface area contributed by atoms with Crippen LogP contribution in [0.1, 0.15) is 10.4 Å². The van der Waals surface area contributed by atoms with E-state index in [1.165, 1.54) is 0 Å². The normalized spacial score (nSPS) is 9.84. The minimum absolute atomic E-state index is 0.154. The smallest absolute Gasteiger partial charge is 0.138 e. The van der Waals surface area contributed by atoms with Crippen molar-refractivity contribution in [3.05, 3.63) is 50.1 Å². The standard InChI is InChI=1S/C14H10Cl2O2S/c15-11-3-4-13(12(16)8-11)18-9-14-10(2-1-6-17)5-7-19-14/h3-5,7-8,17H,6,9H2. The number of thiophene rings is 1. The van der Waals surface area contributed by atoms with Crippen LogP contribution in [0.3, 0.4) is 0 Å². The summed E-state index contributed by atoms with van der Waals surface area (Å²) in [4.78, 5) is 0.993. The van der Waals surface area contributed by atoms with Crippen LogP contribution in [-0.4, -0.2) is 11.7 Å². The molecule has 5 heteroatoms. The van der Waals surface area contributed by atoms with E-state index in [9.17, 15) is 0 Å². The molecule has 1 aromatic heterocycles. The molecule has 1 N–H and O–H groups in total. The summed E-state index contributed by atoms with van der Waals surface area (Å²) in [7, 11) is 0. The van der Waals surface area contributed by atoms with E-state index in [1.54, 1.807) is 29.5 Å². The Bertz CT molecular complexity index is 626. The predicted octanol–water partition coefficient (Wildman–Crippen LogP) is 3.98. The Morgan fingerprint density at radius 2 is 2.11 bits per heavy atom. The van der Waals surface area contributed by atoms with Crippen LogP contribution in [-0.2, 0) is 6.61 Å². The monoisotopic (exact) mass is 312 g/mol. The van der Waals surface area contributed by atoms with Crippen molar-refractivity contribution in [2.24, 2.45) is 0 Å². The van der Waals surface area contributed by atoms with E-state index in [2.05, 4.69) is 11.8 Å². The first-order valence-corrected chi connectivity index (χ1v) is 7.08. The summed E-state index contributed by atoms with van der Waals surface area (Å²) < 4.78 is 5.65. The maximum atomic E-state index is 8.69. The van der Waals surface area contributed by atoms with Crippen LogP contribution in [0, 0.1) is 11.8 Å². The fraction of sp³-hybridized carbons (Fsp3) is 0.143. The third-order valence-corrected chi connectivity index (χ3v) is 3.73. The van der Waals surface area contributed by atoms with Gasteiger partial charge in [-0.05, 0) is 29.6 Å². The summed E-state index contributed by atoms with van der Waals surface area (Å²) in [5.74, 6) is 6.08. The largest absolute Gasteiger partial charge is 0.486 e. The van der Waals surface area contributed by atoms with E-state index in [1.807, 2.05) is 11.4 Å². The van der Waals surface area contributed by atoms with Gasteiger partial charge in [-0.2, -0.15) is 0 Å². The number of rotatable bonds is 3. The van der Waals surface area contributed by atoms with Crippen molar-refractivity contribution in [3.63, 3.8) is 0 Å². The van der Waals surface area contributed by atoms with Gasteiger partial charge in [-0.25, -0.2) is 0 Å². The van der Waals surface area contributed by atoms with Crippen molar-refractivity contribution in [3.8, 4) is 17.6 Å². The summed E-state index contributed by atoms with van der Waals surface area (Å²) >= 11 is 13.4. The predicted molar refractivity (Wildman–Crippen MR) is 79.1 cm³/mol. The Balaban J connectivity index is 2.08. The van der Waals surface area contributed by atoms with Gasteiger partial charge in [-0.15, -0.1) is 11.3 Å². The zero-order chi connectivity index (χ0) is 13.7. The van der Waals surface area contributed by atoms with Crippen molar-refractivity contribution in [1.29, 1.82) is 0 Å². The average Bonchev–Trinajstić information content (AvgIpc) is 2.83. The van der Waals surface area contributed by atoms with Crippen LogP contribution in [0.2, 0.25) is 10.0 Å². The lowest BCUT2D eigenvalue weighted by molar-refractivity contribution is 0.310. The summed E-state index contributed by atoms with van der Waals surface area (Å²) in [6.07, 6.45) is 0.